The molecule has 2 amide bonds. The number of rotatable bonds is 7. The Morgan fingerprint density at radius 3 is 2.45 bits per heavy atom. The maximum atomic E-state index is 11.6. The molecule has 1 aromatic rings. The van der Waals surface area contributed by atoms with E-state index in [1.165, 1.54) is 0 Å². The number of hydrogen-bond acceptors (Lipinski definition) is 4. The first-order valence-electron chi connectivity index (χ1n) is 6.44. The molecule has 20 heavy (non-hydrogen) atoms. The van der Waals surface area contributed by atoms with Crippen molar-refractivity contribution in [3.8, 4) is 5.75 Å². The molecule has 0 aliphatic heterocycles. The molecule has 0 aromatic heterocycles. The Balaban J connectivity index is 2.30. The van der Waals surface area contributed by atoms with Crippen LogP contribution in [0.5, 0.6) is 5.75 Å². The highest BCUT2D eigenvalue weighted by atomic mass is 16.5. The van der Waals surface area contributed by atoms with E-state index in [1.54, 1.807) is 14.0 Å². The molecule has 0 saturated carbocycles. The zero-order valence-corrected chi connectivity index (χ0v) is 11.8. The van der Waals surface area contributed by atoms with E-state index in [4.69, 9.17) is 10.5 Å². The molecular weight excluding hydrogens is 258 g/mol. The fourth-order valence-corrected chi connectivity index (χ4v) is 1.46. The SMILES string of the molecule is COc1ccc(CNC(=O)CNC(=O)C(C)CN)cc1. The standard InChI is InChI=1S/C14H21N3O3/c1-10(7-15)14(19)17-9-13(18)16-8-11-3-5-12(20-2)6-4-11/h3-6,10H,7-9,15H2,1-2H3,(H,16,18)(H,17,19). The molecule has 110 valence electrons. The molecule has 6 nitrogen and oxygen atoms in total. The third-order valence-corrected chi connectivity index (χ3v) is 2.87. The lowest BCUT2D eigenvalue weighted by atomic mass is 10.2. The number of hydrogen-bond donors (Lipinski definition) is 3. The van der Waals surface area contributed by atoms with Gasteiger partial charge in [-0.15, -0.1) is 0 Å². The van der Waals surface area contributed by atoms with Crippen LogP contribution in [0, 0.1) is 5.92 Å². The van der Waals surface area contributed by atoms with Crippen LogP contribution in [0.2, 0.25) is 0 Å². The predicted octanol–water partition coefficient (Wildman–Crippen LogP) is 0.0224. The summed E-state index contributed by atoms with van der Waals surface area (Å²) in [7, 11) is 1.60. The minimum atomic E-state index is -0.288. The van der Waals surface area contributed by atoms with Crippen LogP contribution < -0.4 is 21.1 Å². The Morgan fingerprint density at radius 2 is 1.90 bits per heavy atom. The van der Waals surface area contributed by atoms with E-state index in [2.05, 4.69) is 10.6 Å². The fraction of sp³-hybridized carbons (Fsp3) is 0.429. The van der Waals surface area contributed by atoms with Gasteiger partial charge in [0.1, 0.15) is 5.75 Å². The summed E-state index contributed by atoms with van der Waals surface area (Å²) in [6.45, 7) is 2.34. The molecule has 1 unspecified atom stereocenters. The summed E-state index contributed by atoms with van der Waals surface area (Å²) in [6.07, 6.45) is 0. The lowest BCUT2D eigenvalue weighted by Gasteiger charge is -2.10. The quantitative estimate of drug-likeness (QED) is 0.656. The van der Waals surface area contributed by atoms with Gasteiger partial charge in [0.05, 0.1) is 13.7 Å². The topological polar surface area (TPSA) is 93.5 Å². The van der Waals surface area contributed by atoms with E-state index in [0.29, 0.717) is 6.54 Å². The summed E-state index contributed by atoms with van der Waals surface area (Å²) in [4.78, 5) is 23.0. The third kappa shape index (κ3) is 5.27. The molecule has 0 aliphatic rings. The molecule has 0 saturated heterocycles. The number of carbonyl (C=O) groups excluding carboxylic acids is 2. The molecule has 0 aliphatic carbocycles. The fourth-order valence-electron chi connectivity index (χ4n) is 1.46. The summed E-state index contributed by atoms with van der Waals surface area (Å²) in [5.74, 6) is 0.0259. The number of carbonyl (C=O) groups is 2. The number of nitrogens with two attached hydrogens (primary N) is 1. The molecule has 6 heteroatoms. The zero-order valence-electron chi connectivity index (χ0n) is 11.8. The summed E-state index contributed by atoms with van der Waals surface area (Å²) in [6, 6.07) is 7.39. The van der Waals surface area contributed by atoms with Gasteiger partial charge < -0.3 is 21.1 Å². The first kappa shape index (κ1) is 16.0. The van der Waals surface area contributed by atoms with Crippen molar-refractivity contribution in [2.24, 2.45) is 11.7 Å². The summed E-state index contributed by atoms with van der Waals surface area (Å²) >= 11 is 0. The third-order valence-electron chi connectivity index (χ3n) is 2.87. The average molecular weight is 279 g/mol. The van der Waals surface area contributed by atoms with Crippen LogP contribution in [0.3, 0.4) is 0 Å². The Labute approximate surface area is 118 Å². The first-order chi connectivity index (χ1) is 9.56. The lowest BCUT2D eigenvalue weighted by Crippen LogP contribution is -2.40. The highest BCUT2D eigenvalue weighted by Gasteiger charge is 2.11. The van der Waals surface area contributed by atoms with Gasteiger partial charge >= 0.3 is 0 Å². The second kappa shape index (κ2) is 8.16. The molecule has 0 fully saturated rings. The Bertz CT molecular complexity index is 445. The number of ether oxygens (including phenoxy) is 1. The van der Waals surface area contributed by atoms with E-state index in [1.807, 2.05) is 24.3 Å². The summed E-state index contributed by atoms with van der Waals surface area (Å²) in [5, 5.41) is 5.26. The van der Waals surface area contributed by atoms with E-state index in [0.717, 1.165) is 11.3 Å². The molecule has 1 aromatic carbocycles. The molecule has 1 atom stereocenters. The van der Waals surface area contributed by atoms with Crippen LogP contribution in [0.4, 0.5) is 0 Å². The van der Waals surface area contributed by atoms with Gasteiger partial charge in [-0.25, -0.2) is 0 Å². The number of benzene rings is 1. The average Bonchev–Trinajstić information content (AvgIpc) is 2.50. The van der Waals surface area contributed by atoms with Crippen molar-refractivity contribution in [1.82, 2.24) is 10.6 Å². The normalized spacial score (nSPS) is 11.6. The number of amides is 2. The second-order valence-corrected chi connectivity index (χ2v) is 4.48. The van der Waals surface area contributed by atoms with Crippen molar-refractivity contribution in [3.05, 3.63) is 29.8 Å². The molecule has 0 spiro atoms. The smallest absolute Gasteiger partial charge is 0.239 e. The molecule has 0 heterocycles. The Morgan fingerprint density at radius 1 is 1.25 bits per heavy atom. The summed E-state index contributed by atoms with van der Waals surface area (Å²) < 4.78 is 5.05. The number of nitrogens with one attached hydrogen (secondary N) is 2. The lowest BCUT2D eigenvalue weighted by molar-refractivity contribution is -0.128. The van der Waals surface area contributed by atoms with Gasteiger partial charge in [-0.1, -0.05) is 19.1 Å². The van der Waals surface area contributed by atoms with Gasteiger partial charge in [-0.05, 0) is 17.7 Å². The largest absolute Gasteiger partial charge is 0.497 e. The van der Waals surface area contributed by atoms with Gasteiger partial charge in [0.2, 0.25) is 11.8 Å². The van der Waals surface area contributed by atoms with Crippen LogP contribution in [0.1, 0.15) is 12.5 Å². The minimum absolute atomic E-state index is 0.0423. The van der Waals surface area contributed by atoms with Gasteiger partial charge in [-0.3, -0.25) is 9.59 Å². The van der Waals surface area contributed by atoms with Crippen molar-refractivity contribution in [2.75, 3.05) is 20.2 Å². The van der Waals surface area contributed by atoms with E-state index < -0.39 is 0 Å². The van der Waals surface area contributed by atoms with Crippen LogP contribution in [-0.2, 0) is 16.1 Å². The van der Waals surface area contributed by atoms with Gasteiger partial charge in [0.15, 0.2) is 0 Å². The van der Waals surface area contributed by atoms with Gasteiger partial charge in [0, 0.05) is 19.0 Å². The molecule has 4 N–H and O–H groups in total. The first-order valence-corrected chi connectivity index (χ1v) is 6.44. The molecule has 0 radical (unpaired) electrons. The van der Waals surface area contributed by atoms with Crippen molar-refractivity contribution < 1.29 is 14.3 Å². The summed E-state index contributed by atoms with van der Waals surface area (Å²) in [5.41, 5.74) is 6.33. The van der Waals surface area contributed by atoms with E-state index in [-0.39, 0.29) is 30.8 Å². The Kier molecular flexibility index (Phi) is 6.52. The van der Waals surface area contributed by atoms with E-state index in [9.17, 15) is 9.59 Å². The monoisotopic (exact) mass is 279 g/mol. The maximum Gasteiger partial charge on any atom is 0.239 e. The van der Waals surface area contributed by atoms with E-state index >= 15 is 0 Å². The minimum Gasteiger partial charge on any atom is -0.497 e. The second-order valence-electron chi connectivity index (χ2n) is 4.48. The van der Waals surface area contributed by atoms with Gasteiger partial charge in [0.25, 0.3) is 0 Å². The van der Waals surface area contributed by atoms with Crippen LogP contribution >= 0.6 is 0 Å². The van der Waals surface area contributed by atoms with Crippen molar-refractivity contribution in [1.29, 1.82) is 0 Å². The van der Waals surface area contributed by atoms with Crippen LogP contribution in [0.25, 0.3) is 0 Å². The Hall–Kier alpha value is -2.08. The zero-order chi connectivity index (χ0) is 15.0. The van der Waals surface area contributed by atoms with Crippen molar-refractivity contribution in [2.45, 2.75) is 13.5 Å². The molecular formula is C14H21N3O3. The highest BCUT2D eigenvalue weighted by molar-refractivity contribution is 5.85. The molecule has 1 rings (SSSR count). The van der Waals surface area contributed by atoms with Crippen LogP contribution in [0.15, 0.2) is 24.3 Å². The maximum absolute atomic E-state index is 11.6. The van der Waals surface area contributed by atoms with Crippen molar-refractivity contribution >= 4 is 11.8 Å². The molecule has 0 bridgehead atoms. The highest BCUT2D eigenvalue weighted by Crippen LogP contribution is 2.10. The number of methoxy groups -OCH3 is 1. The predicted molar refractivity (Wildman–Crippen MR) is 76.1 cm³/mol. The van der Waals surface area contributed by atoms with Gasteiger partial charge in [-0.2, -0.15) is 0 Å². The van der Waals surface area contributed by atoms with Crippen molar-refractivity contribution in [3.63, 3.8) is 0 Å². The van der Waals surface area contributed by atoms with Crippen LogP contribution in [-0.4, -0.2) is 32.0 Å².